The Bertz CT molecular complexity index is 1300. The Hall–Kier alpha value is -2.34. The zero-order chi connectivity index (χ0) is 24.5. The van der Waals surface area contributed by atoms with Gasteiger partial charge in [-0.05, 0) is 65.2 Å². The number of piperidine rings is 1. The molecule has 1 fully saturated rings. The van der Waals surface area contributed by atoms with Crippen LogP contribution in [0.5, 0.6) is 0 Å². The molecule has 7 nitrogen and oxygen atoms in total. The van der Waals surface area contributed by atoms with Crippen molar-refractivity contribution in [2.24, 2.45) is 5.92 Å². The Kier molecular flexibility index (Phi) is 7.36. The molecule has 3 aromatic rings. The number of nitrogens with one attached hydrogen (secondary N) is 1. The normalized spacial score (nSPS) is 17.0. The molecule has 1 amide bonds. The van der Waals surface area contributed by atoms with E-state index < -0.39 is 27.6 Å². The van der Waals surface area contributed by atoms with Crippen LogP contribution in [0.1, 0.15) is 18.4 Å². The minimum atomic E-state index is -3.86. The number of benzene rings is 2. The number of halogens is 4. The van der Waals surface area contributed by atoms with Crippen molar-refractivity contribution in [1.82, 2.24) is 14.1 Å². The van der Waals surface area contributed by atoms with Gasteiger partial charge in [-0.1, -0.05) is 17.7 Å². The summed E-state index contributed by atoms with van der Waals surface area (Å²) in [5, 5.41) is 7.28. The molecule has 1 N–H and O–H groups in total. The average molecular weight is 574 g/mol. The number of carbonyl (C=O) groups excluding carboxylic acids is 1. The van der Waals surface area contributed by atoms with Crippen molar-refractivity contribution in [3.05, 3.63) is 75.4 Å². The van der Waals surface area contributed by atoms with Gasteiger partial charge in [0.05, 0.1) is 21.8 Å². The smallest absolute Gasteiger partial charge is 0.243 e. The summed E-state index contributed by atoms with van der Waals surface area (Å²) in [6, 6.07) is 8.98. The van der Waals surface area contributed by atoms with Crippen LogP contribution in [0, 0.1) is 17.6 Å². The van der Waals surface area contributed by atoms with Gasteiger partial charge >= 0.3 is 0 Å². The SMILES string of the molecule is O=C(Nc1nn(Cc2c(F)cccc2Cl)cc1Br)C1CCCN(S(=O)(=O)c2ccc(F)cc2)C1. The minimum Gasteiger partial charge on any atom is -0.308 e. The van der Waals surface area contributed by atoms with Crippen LogP contribution in [0.4, 0.5) is 14.6 Å². The van der Waals surface area contributed by atoms with Crippen molar-refractivity contribution in [2.75, 3.05) is 18.4 Å². The number of nitrogens with zero attached hydrogens (tertiary/aromatic N) is 3. The van der Waals surface area contributed by atoms with Crippen LogP contribution in [0.3, 0.4) is 0 Å². The van der Waals surface area contributed by atoms with E-state index in [1.165, 1.54) is 33.3 Å². The third-order valence-corrected chi connectivity index (χ3v) is 8.36. The van der Waals surface area contributed by atoms with Crippen molar-refractivity contribution in [3.8, 4) is 0 Å². The highest BCUT2D eigenvalue weighted by molar-refractivity contribution is 9.10. The molecule has 180 valence electrons. The second-order valence-corrected chi connectivity index (χ2v) is 11.1. The first-order chi connectivity index (χ1) is 16.1. The van der Waals surface area contributed by atoms with Gasteiger partial charge in [0.1, 0.15) is 11.6 Å². The summed E-state index contributed by atoms with van der Waals surface area (Å²) in [7, 11) is -3.86. The monoisotopic (exact) mass is 572 g/mol. The highest BCUT2D eigenvalue weighted by Gasteiger charge is 2.33. The third kappa shape index (κ3) is 5.32. The summed E-state index contributed by atoms with van der Waals surface area (Å²) >= 11 is 9.42. The van der Waals surface area contributed by atoms with E-state index in [-0.39, 0.29) is 46.8 Å². The molecular formula is C22H20BrClF2N4O3S. The number of aromatic nitrogens is 2. The van der Waals surface area contributed by atoms with Crippen LogP contribution >= 0.6 is 27.5 Å². The highest BCUT2D eigenvalue weighted by Crippen LogP contribution is 2.27. The highest BCUT2D eigenvalue weighted by atomic mass is 79.9. The van der Waals surface area contributed by atoms with E-state index in [2.05, 4.69) is 26.3 Å². The molecule has 4 rings (SSSR count). The summed E-state index contributed by atoms with van der Waals surface area (Å²) in [5.74, 6) is -1.74. The van der Waals surface area contributed by atoms with Crippen molar-refractivity contribution in [1.29, 1.82) is 0 Å². The van der Waals surface area contributed by atoms with E-state index in [0.29, 0.717) is 17.3 Å². The quantitative estimate of drug-likeness (QED) is 0.465. The molecule has 0 bridgehead atoms. The largest absolute Gasteiger partial charge is 0.308 e. The molecule has 34 heavy (non-hydrogen) atoms. The predicted octanol–water partition coefficient (Wildman–Crippen LogP) is 4.66. The molecule has 1 aliphatic heterocycles. The maximum absolute atomic E-state index is 14.1. The standard InChI is InChI=1S/C22H20BrClF2N4O3S/c23-18-13-29(12-17-19(24)4-1-5-20(17)26)28-21(18)27-22(31)14-3-2-10-30(11-14)34(32,33)16-8-6-15(25)7-9-16/h1,4-9,13-14H,2-3,10-12H2,(H,27,28,31). The first-order valence-corrected chi connectivity index (χ1v) is 13.0. The van der Waals surface area contributed by atoms with Gasteiger partial charge < -0.3 is 5.32 Å². The summed E-state index contributed by atoms with van der Waals surface area (Å²) in [6.07, 6.45) is 2.59. The number of carbonyl (C=O) groups is 1. The van der Waals surface area contributed by atoms with Gasteiger partial charge in [-0.2, -0.15) is 9.40 Å². The Morgan fingerprint density at radius 2 is 1.94 bits per heavy atom. The Morgan fingerprint density at radius 1 is 1.21 bits per heavy atom. The second-order valence-electron chi connectivity index (χ2n) is 7.87. The number of hydrogen-bond donors (Lipinski definition) is 1. The van der Waals surface area contributed by atoms with Crippen molar-refractivity contribution >= 4 is 49.3 Å². The van der Waals surface area contributed by atoms with Gasteiger partial charge in [0.15, 0.2) is 5.82 Å². The molecule has 1 atom stereocenters. The molecule has 1 aromatic heterocycles. The Balaban J connectivity index is 1.45. The second kappa shape index (κ2) is 10.1. The summed E-state index contributed by atoms with van der Waals surface area (Å²) in [5.41, 5.74) is 0.269. The maximum atomic E-state index is 14.1. The lowest BCUT2D eigenvalue weighted by Crippen LogP contribution is -2.43. The molecular weight excluding hydrogens is 554 g/mol. The van der Waals surface area contributed by atoms with Gasteiger partial charge in [0, 0.05) is 29.9 Å². The van der Waals surface area contributed by atoms with Gasteiger partial charge in [-0.25, -0.2) is 17.2 Å². The fourth-order valence-corrected chi connectivity index (χ4v) is 5.92. The van der Waals surface area contributed by atoms with E-state index in [4.69, 9.17) is 11.6 Å². The molecule has 1 saturated heterocycles. The molecule has 0 aliphatic carbocycles. The predicted molar refractivity (Wildman–Crippen MR) is 127 cm³/mol. The fraction of sp³-hybridized carbons (Fsp3) is 0.273. The maximum Gasteiger partial charge on any atom is 0.243 e. The van der Waals surface area contributed by atoms with E-state index in [1.807, 2.05) is 0 Å². The van der Waals surface area contributed by atoms with Crippen molar-refractivity contribution < 1.29 is 22.0 Å². The van der Waals surface area contributed by atoms with Crippen LogP contribution in [-0.4, -0.2) is 41.5 Å². The molecule has 2 heterocycles. The van der Waals surface area contributed by atoms with Crippen LogP contribution in [-0.2, 0) is 21.4 Å². The topological polar surface area (TPSA) is 84.3 Å². The van der Waals surface area contributed by atoms with Crippen LogP contribution in [0.2, 0.25) is 5.02 Å². The lowest BCUT2D eigenvalue weighted by molar-refractivity contribution is -0.120. The number of hydrogen-bond acceptors (Lipinski definition) is 4. The van der Waals surface area contributed by atoms with E-state index in [1.54, 1.807) is 12.3 Å². The molecule has 2 aromatic carbocycles. The molecule has 0 spiro atoms. The third-order valence-electron chi connectivity index (χ3n) is 5.55. The van der Waals surface area contributed by atoms with Gasteiger partial charge in [-0.15, -0.1) is 0 Å². The fourth-order valence-electron chi connectivity index (χ4n) is 3.76. The zero-order valence-corrected chi connectivity index (χ0v) is 20.9. The lowest BCUT2D eigenvalue weighted by Gasteiger charge is -2.31. The zero-order valence-electron chi connectivity index (χ0n) is 17.7. The van der Waals surface area contributed by atoms with Gasteiger partial charge in [-0.3, -0.25) is 9.48 Å². The van der Waals surface area contributed by atoms with Gasteiger partial charge in [0.2, 0.25) is 15.9 Å². The van der Waals surface area contributed by atoms with Crippen molar-refractivity contribution in [3.63, 3.8) is 0 Å². The summed E-state index contributed by atoms with van der Waals surface area (Å²) in [6.45, 7) is 0.326. The molecule has 12 heteroatoms. The number of sulfonamides is 1. The molecule has 0 radical (unpaired) electrons. The van der Waals surface area contributed by atoms with Crippen LogP contribution < -0.4 is 5.32 Å². The Labute approximate surface area is 208 Å². The number of amides is 1. The van der Waals surface area contributed by atoms with E-state index >= 15 is 0 Å². The van der Waals surface area contributed by atoms with Crippen LogP contribution in [0.25, 0.3) is 0 Å². The summed E-state index contributed by atoms with van der Waals surface area (Å²) in [4.78, 5) is 12.9. The van der Waals surface area contributed by atoms with Gasteiger partial charge in [0.25, 0.3) is 0 Å². The molecule has 0 saturated carbocycles. The average Bonchev–Trinajstić information content (AvgIpc) is 3.15. The molecule has 1 aliphatic rings. The Morgan fingerprint density at radius 3 is 2.65 bits per heavy atom. The van der Waals surface area contributed by atoms with E-state index in [0.717, 1.165) is 12.1 Å². The van der Waals surface area contributed by atoms with Crippen LogP contribution in [0.15, 0.2) is 58.0 Å². The number of rotatable bonds is 6. The number of anilines is 1. The first-order valence-electron chi connectivity index (χ1n) is 10.4. The minimum absolute atomic E-state index is 0.00525. The first kappa shape index (κ1) is 24.8. The van der Waals surface area contributed by atoms with Crippen molar-refractivity contribution in [2.45, 2.75) is 24.3 Å². The summed E-state index contributed by atoms with van der Waals surface area (Å²) < 4.78 is 56.3. The molecule has 1 unspecified atom stereocenters. The lowest BCUT2D eigenvalue weighted by atomic mass is 9.99. The van der Waals surface area contributed by atoms with E-state index in [9.17, 15) is 22.0 Å².